The lowest BCUT2D eigenvalue weighted by atomic mass is 9.89. The highest BCUT2D eigenvalue weighted by Gasteiger charge is 2.32. The molecule has 2 fully saturated rings. The summed E-state index contributed by atoms with van der Waals surface area (Å²) in [6, 6.07) is 2.28. The van der Waals surface area contributed by atoms with Crippen molar-refractivity contribution in [2.24, 2.45) is 5.41 Å². The van der Waals surface area contributed by atoms with Crippen LogP contribution >= 0.6 is 12.4 Å². The van der Waals surface area contributed by atoms with Crippen molar-refractivity contribution in [3.05, 3.63) is 23.0 Å². The number of carbonyl (C=O) groups is 1. The molecule has 0 spiro atoms. The van der Waals surface area contributed by atoms with Crippen LogP contribution in [0.5, 0.6) is 0 Å². The Morgan fingerprint density at radius 2 is 1.93 bits per heavy atom. The maximum absolute atomic E-state index is 13.5. The van der Waals surface area contributed by atoms with Crippen molar-refractivity contribution < 1.29 is 9.32 Å². The van der Waals surface area contributed by atoms with Gasteiger partial charge in [0, 0.05) is 24.7 Å². The summed E-state index contributed by atoms with van der Waals surface area (Å²) in [6.45, 7) is 8.43. The third-order valence-electron chi connectivity index (χ3n) is 5.64. The van der Waals surface area contributed by atoms with Crippen LogP contribution in [-0.2, 0) is 6.42 Å². The molecule has 2 aliphatic rings. The van der Waals surface area contributed by atoms with E-state index in [2.05, 4.69) is 31.2 Å². The Bertz CT molecular complexity index is 848. The fraction of sp³-hybridized carbons (Fsp3) is 0.667. The highest BCUT2D eigenvalue weighted by molar-refractivity contribution is 6.06. The van der Waals surface area contributed by atoms with Gasteiger partial charge in [-0.25, -0.2) is 4.98 Å². The molecule has 4 rings (SSSR count). The molecule has 154 valence electrons. The standard InChI is InChI=1S/C21H30N4O2.ClH/c1-21(2,3)12-17-18-15(20(26)25(4)14-7-9-22-10-8-14)11-16(13-5-6-13)23-19(18)27-24-17;/h11,13-14,22H,5-10,12H2,1-4H3;1H. The summed E-state index contributed by atoms with van der Waals surface area (Å²) in [5, 5.41) is 8.47. The van der Waals surface area contributed by atoms with E-state index in [4.69, 9.17) is 9.51 Å². The predicted molar refractivity (Wildman–Crippen MR) is 112 cm³/mol. The molecular weight excluding hydrogens is 376 g/mol. The van der Waals surface area contributed by atoms with Crippen LogP contribution in [0.15, 0.2) is 10.6 Å². The number of carbonyl (C=O) groups excluding carboxylic acids is 1. The Hall–Kier alpha value is -1.66. The second-order valence-electron chi connectivity index (χ2n) is 9.31. The molecule has 6 nitrogen and oxygen atoms in total. The quantitative estimate of drug-likeness (QED) is 0.832. The van der Waals surface area contributed by atoms with Gasteiger partial charge in [0.2, 0.25) is 0 Å². The summed E-state index contributed by atoms with van der Waals surface area (Å²) in [4.78, 5) is 20.1. The molecule has 1 aliphatic heterocycles. The highest BCUT2D eigenvalue weighted by atomic mass is 35.5. The van der Waals surface area contributed by atoms with Crippen LogP contribution in [0.4, 0.5) is 0 Å². The Kier molecular flexibility index (Phi) is 6.01. The number of pyridine rings is 1. The van der Waals surface area contributed by atoms with E-state index in [1.54, 1.807) is 0 Å². The van der Waals surface area contributed by atoms with Gasteiger partial charge in [-0.1, -0.05) is 25.9 Å². The molecule has 28 heavy (non-hydrogen) atoms. The Labute approximate surface area is 172 Å². The molecule has 0 bridgehead atoms. The number of rotatable bonds is 4. The van der Waals surface area contributed by atoms with Gasteiger partial charge in [0.15, 0.2) is 0 Å². The lowest BCUT2D eigenvalue weighted by Crippen LogP contribution is -2.44. The summed E-state index contributed by atoms with van der Waals surface area (Å²) in [6.07, 6.45) is 5.01. The van der Waals surface area contributed by atoms with E-state index in [1.807, 2.05) is 18.0 Å². The van der Waals surface area contributed by atoms with E-state index in [0.29, 0.717) is 17.2 Å². The number of aromatic nitrogens is 2. The molecule has 3 heterocycles. The number of hydrogen-bond acceptors (Lipinski definition) is 5. The summed E-state index contributed by atoms with van der Waals surface area (Å²) in [5.41, 5.74) is 3.10. The Morgan fingerprint density at radius 3 is 2.54 bits per heavy atom. The summed E-state index contributed by atoms with van der Waals surface area (Å²) in [5.74, 6) is 0.524. The first-order valence-electron chi connectivity index (χ1n) is 10.1. The molecule has 7 heteroatoms. The molecule has 0 unspecified atom stereocenters. The van der Waals surface area contributed by atoms with Gasteiger partial charge >= 0.3 is 0 Å². The SMILES string of the molecule is CN(C(=O)c1cc(C2CC2)nc2onc(CC(C)(C)C)c12)C1CCNCC1.Cl. The number of nitrogens with zero attached hydrogens (tertiary/aromatic N) is 3. The van der Waals surface area contributed by atoms with Crippen molar-refractivity contribution in [1.82, 2.24) is 20.4 Å². The van der Waals surface area contributed by atoms with Gasteiger partial charge in [-0.2, -0.15) is 0 Å². The second kappa shape index (κ2) is 7.99. The highest BCUT2D eigenvalue weighted by Crippen LogP contribution is 2.41. The smallest absolute Gasteiger partial charge is 0.259 e. The molecule has 2 aromatic heterocycles. The van der Waals surface area contributed by atoms with Crippen LogP contribution < -0.4 is 5.32 Å². The first-order chi connectivity index (χ1) is 12.8. The van der Waals surface area contributed by atoms with E-state index in [1.165, 1.54) is 0 Å². The lowest BCUT2D eigenvalue weighted by molar-refractivity contribution is 0.0705. The number of nitrogens with one attached hydrogen (secondary N) is 1. The molecule has 1 amide bonds. The van der Waals surface area contributed by atoms with Gasteiger partial charge in [-0.05, 0) is 56.7 Å². The van der Waals surface area contributed by atoms with Gasteiger partial charge in [0.05, 0.1) is 16.6 Å². The van der Waals surface area contributed by atoms with Gasteiger partial charge in [-0.15, -0.1) is 12.4 Å². The van der Waals surface area contributed by atoms with Crippen LogP contribution in [0.3, 0.4) is 0 Å². The molecule has 1 aliphatic carbocycles. The predicted octanol–water partition coefficient (Wildman–Crippen LogP) is 3.93. The summed E-state index contributed by atoms with van der Waals surface area (Å²) in [7, 11) is 1.93. The number of fused-ring (bicyclic) bond motifs is 1. The van der Waals surface area contributed by atoms with Crippen molar-refractivity contribution >= 4 is 29.4 Å². The zero-order valence-electron chi connectivity index (χ0n) is 17.2. The fourth-order valence-corrected chi connectivity index (χ4v) is 3.96. The van der Waals surface area contributed by atoms with E-state index < -0.39 is 0 Å². The van der Waals surface area contributed by atoms with Gasteiger partial charge in [-0.3, -0.25) is 4.79 Å². The first kappa shape index (κ1) is 21.1. The lowest BCUT2D eigenvalue weighted by Gasteiger charge is -2.32. The number of hydrogen-bond donors (Lipinski definition) is 1. The largest absolute Gasteiger partial charge is 0.339 e. The minimum Gasteiger partial charge on any atom is -0.339 e. The Balaban J connectivity index is 0.00000225. The zero-order chi connectivity index (χ0) is 19.2. The van der Waals surface area contributed by atoms with Crippen molar-refractivity contribution in [3.63, 3.8) is 0 Å². The van der Waals surface area contributed by atoms with E-state index in [0.717, 1.165) is 62.0 Å². The summed E-state index contributed by atoms with van der Waals surface area (Å²) < 4.78 is 5.59. The minimum absolute atomic E-state index is 0. The first-order valence-corrected chi connectivity index (χ1v) is 10.1. The van der Waals surface area contributed by atoms with E-state index >= 15 is 0 Å². The average Bonchev–Trinajstić information content (AvgIpc) is 3.42. The second-order valence-corrected chi connectivity index (χ2v) is 9.31. The molecular formula is C21H31ClN4O2. The zero-order valence-corrected chi connectivity index (χ0v) is 18.1. The molecule has 1 saturated carbocycles. The van der Waals surface area contributed by atoms with Crippen LogP contribution in [0, 0.1) is 5.41 Å². The van der Waals surface area contributed by atoms with Crippen molar-refractivity contribution in [2.45, 2.75) is 64.8 Å². The van der Waals surface area contributed by atoms with Gasteiger partial charge in [0.25, 0.3) is 11.6 Å². The fourth-order valence-electron chi connectivity index (χ4n) is 3.96. The minimum atomic E-state index is 0. The maximum atomic E-state index is 13.5. The summed E-state index contributed by atoms with van der Waals surface area (Å²) >= 11 is 0. The number of amides is 1. The monoisotopic (exact) mass is 406 g/mol. The normalized spacial score (nSPS) is 18.1. The van der Waals surface area contributed by atoms with Crippen molar-refractivity contribution in [1.29, 1.82) is 0 Å². The van der Waals surface area contributed by atoms with Crippen molar-refractivity contribution in [3.8, 4) is 0 Å². The van der Waals surface area contributed by atoms with Crippen molar-refractivity contribution in [2.75, 3.05) is 20.1 Å². The maximum Gasteiger partial charge on any atom is 0.259 e. The van der Waals surface area contributed by atoms with Gasteiger partial charge < -0.3 is 14.7 Å². The van der Waals surface area contributed by atoms with E-state index in [9.17, 15) is 4.79 Å². The van der Waals surface area contributed by atoms with Crippen LogP contribution in [0.2, 0.25) is 0 Å². The molecule has 0 aromatic carbocycles. The van der Waals surface area contributed by atoms with Crippen LogP contribution in [-0.4, -0.2) is 47.1 Å². The molecule has 2 aromatic rings. The van der Waals surface area contributed by atoms with Gasteiger partial charge in [0.1, 0.15) is 0 Å². The Morgan fingerprint density at radius 1 is 1.25 bits per heavy atom. The third-order valence-corrected chi connectivity index (χ3v) is 5.64. The third kappa shape index (κ3) is 4.33. The molecule has 0 radical (unpaired) electrons. The number of halogens is 1. The molecule has 1 N–H and O–H groups in total. The molecule has 0 atom stereocenters. The molecule has 1 saturated heterocycles. The number of piperidine rings is 1. The van der Waals surface area contributed by atoms with E-state index in [-0.39, 0.29) is 29.8 Å². The average molecular weight is 407 g/mol. The van der Waals surface area contributed by atoms with Crippen LogP contribution in [0.25, 0.3) is 11.1 Å². The topological polar surface area (TPSA) is 71.3 Å². The van der Waals surface area contributed by atoms with Crippen LogP contribution in [0.1, 0.15) is 74.1 Å².